The molecule has 0 aromatic heterocycles. The van der Waals surface area contributed by atoms with Gasteiger partial charge in [-0.05, 0) is 50.4 Å². The van der Waals surface area contributed by atoms with E-state index in [0.717, 1.165) is 24.1 Å². The zero-order chi connectivity index (χ0) is 27.4. The van der Waals surface area contributed by atoms with E-state index >= 15 is 0 Å². The van der Waals surface area contributed by atoms with Crippen molar-refractivity contribution in [3.63, 3.8) is 0 Å². The molecule has 1 aliphatic rings. The topological polar surface area (TPSA) is 119 Å². The lowest BCUT2D eigenvalue weighted by Crippen LogP contribution is -2.56. The molecule has 0 saturated carbocycles. The van der Waals surface area contributed by atoms with Gasteiger partial charge in [0.05, 0.1) is 4.90 Å². The first-order valence-electron chi connectivity index (χ1n) is 13.0. The SMILES string of the molecule is CN1CCN(C(=O)N[C@@H](CCCO)C(=O)N[C@H](/C=C/S(=O)(=O)c2ccccc2)CCc2ccccc2)CC1. The third-order valence-corrected chi connectivity index (χ3v) is 7.98. The lowest BCUT2D eigenvalue weighted by molar-refractivity contribution is -0.123. The molecule has 38 heavy (non-hydrogen) atoms. The smallest absolute Gasteiger partial charge is 0.318 e. The minimum absolute atomic E-state index is 0.110. The van der Waals surface area contributed by atoms with Crippen molar-refractivity contribution in [3.8, 4) is 0 Å². The van der Waals surface area contributed by atoms with Gasteiger partial charge in [0, 0.05) is 44.2 Å². The van der Waals surface area contributed by atoms with E-state index in [0.29, 0.717) is 32.4 Å². The van der Waals surface area contributed by atoms with E-state index in [4.69, 9.17) is 0 Å². The van der Waals surface area contributed by atoms with Gasteiger partial charge >= 0.3 is 6.03 Å². The van der Waals surface area contributed by atoms with Gasteiger partial charge in [-0.1, -0.05) is 54.6 Å². The highest BCUT2D eigenvalue weighted by molar-refractivity contribution is 7.94. The van der Waals surface area contributed by atoms with Crippen molar-refractivity contribution < 1.29 is 23.1 Å². The maximum Gasteiger partial charge on any atom is 0.318 e. The van der Waals surface area contributed by atoms with E-state index in [1.165, 1.54) is 18.2 Å². The van der Waals surface area contributed by atoms with Crippen LogP contribution in [0.1, 0.15) is 24.8 Å². The van der Waals surface area contributed by atoms with Gasteiger partial charge in [0.25, 0.3) is 0 Å². The minimum atomic E-state index is -3.69. The summed E-state index contributed by atoms with van der Waals surface area (Å²) >= 11 is 0. The number of sulfone groups is 1. The maximum atomic E-state index is 13.3. The lowest BCUT2D eigenvalue weighted by Gasteiger charge is -2.33. The van der Waals surface area contributed by atoms with Gasteiger partial charge in [-0.15, -0.1) is 0 Å². The molecule has 3 rings (SSSR count). The van der Waals surface area contributed by atoms with Crippen molar-refractivity contribution in [1.82, 2.24) is 20.4 Å². The van der Waals surface area contributed by atoms with Crippen LogP contribution in [0.3, 0.4) is 0 Å². The van der Waals surface area contributed by atoms with Crippen molar-refractivity contribution in [2.45, 2.75) is 42.7 Å². The van der Waals surface area contributed by atoms with Crippen LogP contribution in [0.5, 0.6) is 0 Å². The van der Waals surface area contributed by atoms with E-state index in [2.05, 4.69) is 15.5 Å². The van der Waals surface area contributed by atoms with Crippen LogP contribution in [0, 0.1) is 0 Å². The van der Waals surface area contributed by atoms with Crippen molar-refractivity contribution in [1.29, 1.82) is 0 Å². The Morgan fingerprint density at radius 1 is 0.947 bits per heavy atom. The Bertz CT molecular complexity index is 1150. The molecule has 3 N–H and O–H groups in total. The summed E-state index contributed by atoms with van der Waals surface area (Å²) < 4.78 is 25.6. The number of nitrogens with one attached hydrogen (secondary N) is 2. The first kappa shape index (κ1) is 29.3. The molecule has 0 bridgehead atoms. The summed E-state index contributed by atoms with van der Waals surface area (Å²) in [6.45, 7) is 2.53. The molecular weight excluding hydrogens is 504 g/mol. The zero-order valence-electron chi connectivity index (χ0n) is 21.8. The molecule has 206 valence electrons. The maximum absolute atomic E-state index is 13.3. The Morgan fingerprint density at radius 2 is 1.58 bits per heavy atom. The number of aryl methyl sites for hydroxylation is 1. The Balaban J connectivity index is 1.73. The van der Waals surface area contributed by atoms with Gasteiger partial charge in [-0.2, -0.15) is 0 Å². The Labute approximate surface area is 225 Å². The van der Waals surface area contributed by atoms with Gasteiger partial charge < -0.3 is 25.5 Å². The molecule has 2 aromatic carbocycles. The fourth-order valence-corrected chi connectivity index (χ4v) is 5.26. The van der Waals surface area contributed by atoms with Crippen LogP contribution in [-0.2, 0) is 21.1 Å². The van der Waals surface area contributed by atoms with E-state index in [9.17, 15) is 23.1 Å². The normalized spacial score (nSPS) is 16.2. The Hall–Kier alpha value is -3.21. The fraction of sp³-hybridized carbons (Fsp3) is 0.429. The van der Waals surface area contributed by atoms with E-state index in [-0.39, 0.29) is 24.0 Å². The first-order valence-corrected chi connectivity index (χ1v) is 14.5. The highest BCUT2D eigenvalue weighted by atomic mass is 32.2. The highest BCUT2D eigenvalue weighted by Crippen LogP contribution is 2.14. The number of aliphatic hydroxyl groups is 1. The molecule has 10 heteroatoms. The molecule has 3 amide bonds. The number of urea groups is 1. The van der Waals surface area contributed by atoms with E-state index in [1.54, 1.807) is 23.1 Å². The zero-order valence-corrected chi connectivity index (χ0v) is 22.6. The number of hydrogen-bond donors (Lipinski definition) is 3. The van der Waals surface area contributed by atoms with Gasteiger partial charge in [0.15, 0.2) is 9.84 Å². The number of carbonyl (C=O) groups is 2. The molecular formula is C28H38N4O5S. The number of likely N-dealkylation sites (N-methyl/N-ethyl adjacent to an activating group) is 1. The number of amides is 3. The minimum Gasteiger partial charge on any atom is -0.396 e. The van der Waals surface area contributed by atoms with Gasteiger partial charge in [-0.3, -0.25) is 4.79 Å². The van der Waals surface area contributed by atoms with E-state index in [1.807, 2.05) is 37.4 Å². The van der Waals surface area contributed by atoms with Crippen LogP contribution in [0.25, 0.3) is 0 Å². The number of carbonyl (C=O) groups excluding carboxylic acids is 2. The molecule has 0 radical (unpaired) electrons. The molecule has 1 saturated heterocycles. The second-order valence-corrected chi connectivity index (χ2v) is 11.3. The molecule has 1 aliphatic heterocycles. The van der Waals surface area contributed by atoms with Crippen LogP contribution in [0.4, 0.5) is 4.79 Å². The van der Waals surface area contributed by atoms with Crippen molar-refractivity contribution in [3.05, 3.63) is 77.7 Å². The predicted molar refractivity (Wildman–Crippen MR) is 147 cm³/mol. The number of aliphatic hydroxyl groups excluding tert-OH is 1. The van der Waals surface area contributed by atoms with Crippen LogP contribution < -0.4 is 10.6 Å². The van der Waals surface area contributed by atoms with Gasteiger partial charge in [0.2, 0.25) is 5.91 Å². The standard InChI is InChI=1S/C28H38N4O5S/c1-31-17-19-32(20-18-31)28(35)30-26(13-8-21-33)27(34)29-24(15-14-23-9-4-2-5-10-23)16-22-38(36,37)25-11-6-3-7-12-25/h2-7,9-12,16,22,24,26,33H,8,13-15,17-21H2,1H3,(H,29,34)(H,30,35)/b22-16+/t24-,26-/m0/s1. The lowest BCUT2D eigenvalue weighted by atomic mass is 10.0. The van der Waals surface area contributed by atoms with Crippen LogP contribution in [0.15, 0.2) is 77.0 Å². The number of piperazine rings is 1. The number of benzene rings is 2. The average Bonchev–Trinajstić information content (AvgIpc) is 2.93. The van der Waals surface area contributed by atoms with Gasteiger partial charge in [0.1, 0.15) is 6.04 Å². The fourth-order valence-electron chi connectivity index (χ4n) is 4.17. The third-order valence-electron chi connectivity index (χ3n) is 6.53. The summed E-state index contributed by atoms with van der Waals surface area (Å²) in [5, 5.41) is 16.2. The summed E-state index contributed by atoms with van der Waals surface area (Å²) in [4.78, 5) is 30.2. The molecule has 2 aromatic rings. The van der Waals surface area contributed by atoms with Crippen LogP contribution in [0.2, 0.25) is 0 Å². The van der Waals surface area contributed by atoms with Crippen LogP contribution >= 0.6 is 0 Å². The molecule has 2 atom stereocenters. The van der Waals surface area contributed by atoms with Crippen molar-refractivity contribution in [2.24, 2.45) is 0 Å². The van der Waals surface area contributed by atoms with Crippen molar-refractivity contribution >= 4 is 21.8 Å². The summed E-state index contributed by atoms with van der Waals surface area (Å²) in [5.74, 6) is -0.416. The highest BCUT2D eigenvalue weighted by Gasteiger charge is 2.26. The Morgan fingerprint density at radius 3 is 2.21 bits per heavy atom. The monoisotopic (exact) mass is 542 g/mol. The second kappa shape index (κ2) is 14.7. The predicted octanol–water partition coefficient (Wildman–Crippen LogP) is 2.19. The average molecular weight is 543 g/mol. The molecule has 9 nitrogen and oxygen atoms in total. The first-order chi connectivity index (χ1) is 18.3. The number of hydrogen-bond acceptors (Lipinski definition) is 6. The van der Waals surface area contributed by atoms with Crippen LogP contribution in [-0.4, -0.2) is 87.2 Å². The third kappa shape index (κ3) is 9.27. The number of rotatable bonds is 12. The summed E-state index contributed by atoms with van der Waals surface area (Å²) in [6, 6.07) is 16.1. The summed E-state index contributed by atoms with van der Waals surface area (Å²) in [5.41, 5.74) is 1.06. The molecule has 1 fully saturated rings. The molecule has 0 unspecified atom stereocenters. The van der Waals surface area contributed by atoms with Gasteiger partial charge in [-0.25, -0.2) is 13.2 Å². The van der Waals surface area contributed by atoms with E-state index < -0.39 is 27.8 Å². The Kier molecular flexibility index (Phi) is 11.3. The largest absolute Gasteiger partial charge is 0.396 e. The summed E-state index contributed by atoms with van der Waals surface area (Å²) in [6.07, 6.45) is 3.19. The molecule has 1 heterocycles. The number of nitrogens with zero attached hydrogens (tertiary/aromatic N) is 2. The molecule has 0 aliphatic carbocycles. The quantitative estimate of drug-likeness (QED) is 0.378. The summed E-state index contributed by atoms with van der Waals surface area (Å²) in [7, 11) is -1.70. The van der Waals surface area contributed by atoms with Crippen molar-refractivity contribution in [2.75, 3.05) is 39.8 Å². The molecule has 0 spiro atoms. The second-order valence-electron chi connectivity index (χ2n) is 9.48.